The first-order valence-electron chi connectivity index (χ1n) is 7.80. The summed E-state index contributed by atoms with van der Waals surface area (Å²) in [7, 11) is 0. The summed E-state index contributed by atoms with van der Waals surface area (Å²) in [5, 5.41) is 8.16. The maximum Gasteiger partial charge on any atom is 0.258 e. The third kappa shape index (κ3) is 3.94. The second kappa shape index (κ2) is 7.45. The normalized spacial score (nSPS) is 16.7. The van der Waals surface area contributed by atoms with Gasteiger partial charge in [0, 0.05) is 43.0 Å². The van der Waals surface area contributed by atoms with Gasteiger partial charge in [0.25, 0.3) is 5.89 Å². The van der Waals surface area contributed by atoms with Gasteiger partial charge in [0.05, 0.1) is 15.9 Å². The topological polar surface area (TPSA) is 45.4 Å². The Morgan fingerprint density at radius 2 is 1.88 bits per heavy atom. The summed E-state index contributed by atoms with van der Waals surface area (Å²) in [6, 6.07) is 6.33. The minimum absolute atomic E-state index is 0.619. The zero-order chi connectivity index (χ0) is 16.4. The van der Waals surface area contributed by atoms with E-state index >= 15 is 0 Å². The molecular weight excluding hydrogens is 408 g/mol. The van der Waals surface area contributed by atoms with Crippen molar-refractivity contribution in [3.8, 4) is 11.5 Å². The minimum atomic E-state index is 0.619. The van der Waals surface area contributed by atoms with Crippen LogP contribution in [0.25, 0.3) is 11.5 Å². The van der Waals surface area contributed by atoms with Crippen LogP contribution in [-0.4, -0.2) is 46.1 Å². The molecule has 126 valence electrons. The van der Waals surface area contributed by atoms with Crippen LogP contribution in [0.15, 0.2) is 37.3 Å². The minimum Gasteiger partial charge on any atom is -0.334 e. The number of hydrogen-bond donors (Lipinski definition) is 0. The molecule has 0 aliphatic carbocycles. The zero-order valence-corrected chi connectivity index (χ0v) is 16.2. The van der Waals surface area contributed by atoms with Gasteiger partial charge in [-0.25, -0.2) is 0 Å². The second-order valence-electron chi connectivity index (χ2n) is 5.79. The Balaban J connectivity index is 1.29. The number of hydrogen-bond acceptors (Lipinski definition) is 7. The highest BCUT2D eigenvalue weighted by Crippen LogP contribution is 2.24. The highest BCUT2D eigenvalue weighted by molar-refractivity contribution is 9.11. The molecule has 24 heavy (non-hydrogen) atoms. The molecule has 0 unspecified atom stereocenters. The third-order valence-corrected chi connectivity index (χ3v) is 6.37. The van der Waals surface area contributed by atoms with Crippen LogP contribution in [0.3, 0.4) is 0 Å². The summed E-state index contributed by atoms with van der Waals surface area (Å²) in [4.78, 5) is 10.8. The van der Waals surface area contributed by atoms with E-state index in [0.717, 1.165) is 50.7 Å². The molecule has 4 heterocycles. The molecule has 0 amide bonds. The van der Waals surface area contributed by atoms with Crippen LogP contribution >= 0.6 is 38.6 Å². The molecule has 8 heteroatoms. The lowest BCUT2D eigenvalue weighted by Crippen LogP contribution is -2.45. The molecule has 3 aromatic heterocycles. The SMILES string of the molecule is Brc1ccc(CN2CCN(Cc3noc(-c4ccsc4)n3)CC2)s1. The average Bonchev–Trinajstić information content (AvgIpc) is 3.31. The molecule has 1 fully saturated rings. The quantitative estimate of drug-likeness (QED) is 0.620. The van der Waals surface area contributed by atoms with Crippen LogP contribution < -0.4 is 0 Å². The van der Waals surface area contributed by atoms with Crippen molar-refractivity contribution in [2.24, 2.45) is 0 Å². The van der Waals surface area contributed by atoms with E-state index in [1.807, 2.05) is 28.2 Å². The smallest absolute Gasteiger partial charge is 0.258 e. The van der Waals surface area contributed by atoms with Gasteiger partial charge in [-0.3, -0.25) is 9.80 Å². The molecule has 0 bridgehead atoms. The van der Waals surface area contributed by atoms with Crippen LogP contribution in [0, 0.1) is 0 Å². The summed E-state index contributed by atoms with van der Waals surface area (Å²) < 4.78 is 6.56. The van der Waals surface area contributed by atoms with Crippen LogP contribution in [-0.2, 0) is 13.1 Å². The van der Waals surface area contributed by atoms with E-state index in [0.29, 0.717) is 5.89 Å². The third-order valence-electron chi connectivity index (χ3n) is 4.07. The fraction of sp³-hybridized carbons (Fsp3) is 0.375. The lowest BCUT2D eigenvalue weighted by atomic mass is 10.3. The largest absolute Gasteiger partial charge is 0.334 e. The van der Waals surface area contributed by atoms with Gasteiger partial charge >= 0.3 is 0 Å². The number of aromatic nitrogens is 2. The van der Waals surface area contributed by atoms with Gasteiger partial charge in [-0.15, -0.1) is 11.3 Å². The number of thiophene rings is 2. The summed E-state index contributed by atoms with van der Waals surface area (Å²) in [5.74, 6) is 1.39. The summed E-state index contributed by atoms with van der Waals surface area (Å²) in [6.07, 6.45) is 0. The summed E-state index contributed by atoms with van der Waals surface area (Å²) in [5.41, 5.74) is 1.01. The molecule has 0 saturated carbocycles. The lowest BCUT2D eigenvalue weighted by molar-refractivity contribution is 0.120. The Hall–Kier alpha value is -1.06. The van der Waals surface area contributed by atoms with Crippen molar-refractivity contribution in [1.29, 1.82) is 0 Å². The first-order valence-corrected chi connectivity index (χ1v) is 10.4. The van der Waals surface area contributed by atoms with Gasteiger partial charge in [0.2, 0.25) is 0 Å². The fourth-order valence-corrected chi connectivity index (χ4v) is 4.94. The molecule has 1 aliphatic rings. The zero-order valence-electron chi connectivity index (χ0n) is 13.0. The molecule has 4 rings (SSSR count). The highest BCUT2D eigenvalue weighted by Gasteiger charge is 2.19. The number of piperazine rings is 1. The van der Waals surface area contributed by atoms with E-state index in [2.05, 4.69) is 48.0 Å². The van der Waals surface area contributed by atoms with E-state index in [4.69, 9.17) is 4.52 Å². The van der Waals surface area contributed by atoms with Crippen molar-refractivity contribution >= 4 is 38.6 Å². The fourth-order valence-electron chi connectivity index (χ4n) is 2.78. The maximum atomic E-state index is 5.36. The number of halogens is 1. The predicted molar refractivity (Wildman–Crippen MR) is 100 cm³/mol. The number of rotatable bonds is 5. The van der Waals surface area contributed by atoms with Crippen molar-refractivity contribution < 1.29 is 4.52 Å². The monoisotopic (exact) mass is 424 g/mol. The standard InChI is InChI=1S/C16H17BrN4OS2/c17-14-2-1-13(24-14)9-20-4-6-21(7-5-20)10-15-18-16(22-19-15)12-3-8-23-11-12/h1-3,8,11H,4-7,9-10H2. The molecule has 5 nitrogen and oxygen atoms in total. The number of nitrogens with zero attached hydrogens (tertiary/aromatic N) is 4. The van der Waals surface area contributed by atoms with Crippen LogP contribution in [0.1, 0.15) is 10.7 Å². The molecule has 0 radical (unpaired) electrons. The van der Waals surface area contributed by atoms with Crippen molar-refractivity contribution in [2.75, 3.05) is 26.2 Å². The van der Waals surface area contributed by atoms with Crippen molar-refractivity contribution in [3.63, 3.8) is 0 Å². The molecular formula is C16H17BrN4OS2. The molecule has 0 spiro atoms. The average molecular weight is 425 g/mol. The first-order chi connectivity index (χ1) is 11.8. The molecule has 1 saturated heterocycles. The summed E-state index contributed by atoms with van der Waals surface area (Å²) >= 11 is 6.98. The maximum absolute atomic E-state index is 5.36. The Morgan fingerprint density at radius 3 is 2.54 bits per heavy atom. The van der Waals surface area contributed by atoms with Gasteiger partial charge in [-0.1, -0.05) is 5.16 Å². The highest BCUT2D eigenvalue weighted by atomic mass is 79.9. The van der Waals surface area contributed by atoms with Crippen LogP contribution in [0.5, 0.6) is 0 Å². The van der Waals surface area contributed by atoms with Crippen molar-refractivity contribution in [3.05, 3.63) is 43.4 Å². The van der Waals surface area contributed by atoms with Crippen LogP contribution in [0.2, 0.25) is 0 Å². The molecule has 3 aromatic rings. The van der Waals surface area contributed by atoms with E-state index in [-0.39, 0.29) is 0 Å². The van der Waals surface area contributed by atoms with Gasteiger partial charge in [0.1, 0.15) is 0 Å². The van der Waals surface area contributed by atoms with Crippen LogP contribution in [0.4, 0.5) is 0 Å². The van der Waals surface area contributed by atoms with Gasteiger partial charge in [-0.2, -0.15) is 16.3 Å². The predicted octanol–water partition coefficient (Wildman–Crippen LogP) is 3.94. The lowest BCUT2D eigenvalue weighted by Gasteiger charge is -2.33. The molecule has 0 aromatic carbocycles. The van der Waals surface area contributed by atoms with E-state index in [9.17, 15) is 0 Å². The Kier molecular flexibility index (Phi) is 5.09. The molecule has 0 atom stereocenters. The van der Waals surface area contributed by atoms with E-state index in [1.54, 1.807) is 11.3 Å². The van der Waals surface area contributed by atoms with Crippen molar-refractivity contribution in [2.45, 2.75) is 13.1 Å². The van der Waals surface area contributed by atoms with E-state index in [1.165, 1.54) is 8.66 Å². The molecule has 1 aliphatic heterocycles. The van der Waals surface area contributed by atoms with E-state index < -0.39 is 0 Å². The Labute approximate surface area is 157 Å². The van der Waals surface area contributed by atoms with Gasteiger partial charge in [0.15, 0.2) is 5.82 Å². The second-order valence-corrected chi connectivity index (χ2v) is 9.11. The summed E-state index contributed by atoms with van der Waals surface area (Å²) in [6.45, 7) is 6.01. The first kappa shape index (κ1) is 16.4. The van der Waals surface area contributed by atoms with Gasteiger partial charge < -0.3 is 4.52 Å². The van der Waals surface area contributed by atoms with Gasteiger partial charge in [-0.05, 0) is 39.5 Å². The van der Waals surface area contributed by atoms with Crippen molar-refractivity contribution in [1.82, 2.24) is 19.9 Å². The Bertz CT molecular complexity index is 778. The Morgan fingerprint density at radius 1 is 1.08 bits per heavy atom. The molecule has 0 N–H and O–H groups in total.